The quantitative estimate of drug-likeness (QED) is 0.328. The highest BCUT2D eigenvalue weighted by molar-refractivity contribution is 7.89. The summed E-state index contributed by atoms with van der Waals surface area (Å²) in [6, 6.07) is 12.8. The molecule has 0 unspecified atom stereocenters. The van der Waals surface area contributed by atoms with Crippen molar-refractivity contribution in [1.29, 1.82) is 0 Å². The Morgan fingerprint density at radius 3 is 2.43 bits per heavy atom. The third-order valence-corrected chi connectivity index (χ3v) is 7.43. The standard InChI is InChI=1S/C24H25FN4O7S/c1-35-21-7-6-19(37(33,34)26-11-10-17-2-4-18(25)5-3-17)16-20(21)27-12-14-28(15-13-27)24(30)22-8-9-23(36-22)29(31)32/h2-9,16,26H,10-15H2,1H3. The summed E-state index contributed by atoms with van der Waals surface area (Å²) in [6.07, 6.45) is 0.400. The zero-order valence-corrected chi connectivity index (χ0v) is 20.7. The van der Waals surface area contributed by atoms with Crippen LogP contribution in [0.3, 0.4) is 0 Å². The van der Waals surface area contributed by atoms with Crippen LogP contribution >= 0.6 is 0 Å². The largest absolute Gasteiger partial charge is 0.495 e. The number of halogens is 1. The third-order valence-electron chi connectivity index (χ3n) is 5.97. The summed E-state index contributed by atoms with van der Waals surface area (Å²) in [5.41, 5.74) is 1.36. The highest BCUT2D eigenvalue weighted by atomic mass is 32.2. The molecule has 0 aliphatic carbocycles. The van der Waals surface area contributed by atoms with Gasteiger partial charge >= 0.3 is 5.88 Å². The van der Waals surface area contributed by atoms with Crippen LogP contribution in [-0.2, 0) is 16.4 Å². The average Bonchev–Trinajstić information content (AvgIpc) is 3.40. The SMILES string of the molecule is COc1ccc(S(=O)(=O)NCCc2ccc(F)cc2)cc1N1CCN(C(=O)c2ccc([N+](=O)[O-])o2)CC1. The Hall–Kier alpha value is -3.97. The molecule has 1 fully saturated rings. The number of piperazine rings is 1. The number of sulfonamides is 1. The lowest BCUT2D eigenvalue weighted by Gasteiger charge is -2.36. The molecule has 1 aliphatic heterocycles. The number of furan rings is 1. The molecule has 2 aromatic carbocycles. The van der Waals surface area contributed by atoms with Crippen LogP contribution in [0.25, 0.3) is 0 Å². The first-order valence-corrected chi connectivity index (χ1v) is 12.9. The van der Waals surface area contributed by atoms with Crippen molar-refractivity contribution >= 4 is 27.5 Å². The zero-order valence-electron chi connectivity index (χ0n) is 19.9. The molecule has 0 spiro atoms. The predicted molar refractivity (Wildman–Crippen MR) is 132 cm³/mol. The van der Waals surface area contributed by atoms with E-state index in [9.17, 15) is 27.7 Å². The van der Waals surface area contributed by atoms with Crippen molar-refractivity contribution in [1.82, 2.24) is 9.62 Å². The van der Waals surface area contributed by atoms with Gasteiger partial charge < -0.3 is 19.0 Å². The lowest BCUT2D eigenvalue weighted by Crippen LogP contribution is -2.48. The van der Waals surface area contributed by atoms with Gasteiger partial charge in [0, 0.05) is 32.7 Å². The van der Waals surface area contributed by atoms with Crippen molar-refractivity contribution in [2.24, 2.45) is 0 Å². The van der Waals surface area contributed by atoms with Gasteiger partial charge in [-0.1, -0.05) is 12.1 Å². The number of amides is 1. The van der Waals surface area contributed by atoms with Gasteiger partial charge in [0.25, 0.3) is 5.91 Å². The maximum absolute atomic E-state index is 13.1. The van der Waals surface area contributed by atoms with Crippen molar-refractivity contribution in [2.75, 3.05) is 44.7 Å². The molecule has 3 aromatic rings. The Balaban J connectivity index is 1.42. The number of methoxy groups -OCH3 is 1. The Kier molecular flexibility index (Phi) is 7.74. The molecule has 1 amide bonds. The number of ether oxygens (including phenoxy) is 1. The maximum Gasteiger partial charge on any atom is 0.433 e. The fourth-order valence-electron chi connectivity index (χ4n) is 4.00. The van der Waals surface area contributed by atoms with Crippen LogP contribution in [-0.4, -0.2) is 64.0 Å². The highest BCUT2D eigenvalue weighted by Crippen LogP contribution is 2.32. The monoisotopic (exact) mass is 532 g/mol. The molecule has 4 rings (SSSR count). The first-order chi connectivity index (χ1) is 17.7. The molecular formula is C24H25FN4O7S. The predicted octanol–water partition coefficient (Wildman–Crippen LogP) is 2.82. The van der Waals surface area contributed by atoms with E-state index in [1.165, 1.54) is 42.3 Å². The first kappa shape index (κ1) is 26.1. The van der Waals surface area contributed by atoms with Gasteiger partial charge in [-0.3, -0.25) is 14.9 Å². The minimum atomic E-state index is -3.83. The van der Waals surface area contributed by atoms with Crippen LogP contribution in [0.4, 0.5) is 16.0 Å². The summed E-state index contributed by atoms with van der Waals surface area (Å²) >= 11 is 0. The van der Waals surface area contributed by atoms with Crippen LogP contribution in [0.1, 0.15) is 16.1 Å². The lowest BCUT2D eigenvalue weighted by molar-refractivity contribution is -0.402. The second kappa shape index (κ2) is 11.0. The zero-order chi connectivity index (χ0) is 26.6. The third kappa shape index (κ3) is 6.06. The van der Waals surface area contributed by atoms with Crippen molar-refractivity contribution in [3.05, 3.63) is 81.9 Å². The maximum atomic E-state index is 13.1. The van der Waals surface area contributed by atoms with Gasteiger partial charge in [0.2, 0.25) is 10.0 Å². The summed E-state index contributed by atoms with van der Waals surface area (Å²) in [6.45, 7) is 1.49. The number of nitrogens with one attached hydrogen (secondary N) is 1. The minimum absolute atomic E-state index is 0.0591. The molecule has 0 radical (unpaired) electrons. The lowest BCUT2D eigenvalue weighted by atomic mass is 10.1. The van der Waals surface area contributed by atoms with Gasteiger partial charge in [0.15, 0.2) is 5.76 Å². The second-order valence-electron chi connectivity index (χ2n) is 8.28. The number of carbonyl (C=O) groups excluding carboxylic acids is 1. The van der Waals surface area contributed by atoms with Gasteiger partial charge in [0.1, 0.15) is 16.5 Å². The van der Waals surface area contributed by atoms with E-state index in [1.54, 1.807) is 18.2 Å². The summed E-state index contributed by atoms with van der Waals surface area (Å²) in [7, 11) is -2.34. The van der Waals surface area contributed by atoms with Gasteiger partial charge in [-0.15, -0.1) is 0 Å². The van der Waals surface area contributed by atoms with E-state index in [2.05, 4.69) is 4.72 Å². The molecule has 2 heterocycles. The Morgan fingerprint density at radius 1 is 1.11 bits per heavy atom. The normalized spacial score (nSPS) is 14.0. The molecule has 37 heavy (non-hydrogen) atoms. The fourth-order valence-corrected chi connectivity index (χ4v) is 5.05. The molecular weight excluding hydrogens is 507 g/mol. The van der Waals surface area contributed by atoms with Crippen LogP contribution in [0, 0.1) is 15.9 Å². The molecule has 1 aliphatic rings. The molecule has 0 saturated carbocycles. The highest BCUT2D eigenvalue weighted by Gasteiger charge is 2.28. The van der Waals surface area contributed by atoms with Gasteiger partial charge in [-0.05, 0) is 48.4 Å². The summed E-state index contributed by atoms with van der Waals surface area (Å²) in [5, 5.41) is 10.8. The molecule has 11 nitrogen and oxygen atoms in total. The topological polar surface area (TPSA) is 135 Å². The van der Waals surface area contributed by atoms with Crippen LogP contribution < -0.4 is 14.4 Å². The van der Waals surface area contributed by atoms with E-state index in [0.29, 0.717) is 44.0 Å². The van der Waals surface area contributed by atoms with E-state index in [0.717, 1.165) is 11.6 Å². The van der Waals surface area contributed by atoms with Gasteiger partial charge in [0.05, 0.1) is 23.8 Å². The molecule has 1 N–H and O–H groups in total. The molecule has 1 saturated heterocycles. The number of hydrogen-bond donors (Lipinski definition) is 1. The molecule has 0 atom stereocenters. The minimum Gasteiger partial charge on any atom is -0.495 e. The van der Waals surface area contributed by atoms with Crippen molar-refractivity contribution in [3.8, 4) is 5.75 Å². The van der Waals surface area contributed by atoms with Crippen LogP contribution in [0.2, 0.25) is 0 Å². The first-order valence-electron chi connectivity index (χ1n) is 11.4. The van der Waals surface area contributed by atoms with Crippen LogP contribution in [0.5, 0.6) is 5.75 Å². The van der Waals surface area contributed by atoms with Gasteiger partial charge in [-0.25, -0.2) is 17.5 Å². The average molecular weight is 533 g/mol. The number of hydrogen-bond acceptors (Lipinski definition) is 8. The fraction of sp³-hybridized carbons (Fsp3) is 0.292. The number of nitrogens with zero attached hydrogens (tertiary/aromatic N) is 3. The van der Waals surface area contributed by atoms with E-state index < -0.39 is 26.7 Å². The van der Waals surface area contributed by atoms with E-state index >= 15 is 0 Å². The Bertz CT molecular complexity index is 1380. The second-order valence-corrected chi connectivity index (χ2v) is 10.0. The van der Waals surface area contributed by atoms with E-state index in [4.69, 9.17) is 9.15 Å². The smallest absolute Gasteiger partial charge is 0.433 e. The molecule has 0 bridgehead atoms. The summed E-state index contributed by atoms with van der Waals surface area (Å²) in [5.74, 6) is -0.952. The molecule has 196 valence electrons. The van der Waals surface area contributed by atoms with Gasteiger partial charge in [-0.2, -0.15) is 0 Å². The number of rotatable bonds is 9. The van der Waals surface area contributed by atoms with E-state index in [1.807, 2.05) is 4.90 Å². The summed E-state index contributed by atoms with van der Waals surface area (Å²) in [4.78, 5) is 26.3. The van der Waals surface area contributed by atoms with Crippen molar-refractivity contribution in [3.63, 3.8) is 0 Å². The summed E-state index contributed by atoms with van der Waals surface area (Å²) < 4.78 is 51.9. The van der Waals surface area contributed by atoms with Crippen molar-refractivity contribution in [2.45, 2.75) is 11.3 Å². The Morgan fingerprint density at radius 2 is 1.81 bits per heavy atom. The van der Waals surface area contributed by atoms with Crippen LogP contribution in [0.15, 0.2) is 63.9 Å². The molecule has 1 aromatic heterocycles. The van der Waals surface area contributed by atoms with E-state index in [-0.39, 0.29) is 23.0 Å². The number of benzene rings is 2. The number of anilines is 1. The number of carbonyl (C=O) groups is 1. The Labute approximate surface area is 212 Å². The van der Waals surface area contributed by atoms with Crippen molar-refractivity contribution < 1.29 is 31.7 Å². The number of nitro groups is 1. The molecule has 13 heteroatoms.